The molecule has 1 heterocycles. The van der Waals surface area contributed by atoms with E-state index < -0.39 is 0 Å². The summed E-state index contributed by atoms with van der Waals surface area (Å²) in [6.45, 7) is 3.40. The summed E-state index contributed by atoms with van der Waals surface area (Å²) in [6.07, 6.45) is 4.63. The summed E-state index contributed by atoms with van der Waals surface area (Å²) in [6, 6.07) is 6.96. The van der Waals surface area contributed by atoms with Crippen LogP contribution >= 0.6 is 0 Å². The minimum atomic E-state index is -0.364. The molecule has 0 aliphatic rings. The molecule has 0 bridgehead atoms. The fourth-order valence-electron chi connectivity index (χ4n) is 1.88. The number of benzene rings is 1. The zero-order chi connectivity index (χ0) is 13.7. The lowest BCUT2D eigenvalue weighted by Crippen LogP contribution is -2.07. The van der Waals surface area contributed by atoms with E-state index in [9.17, 15) is 10.1 Å². The molecule has 2 rings (SSSR count). The molecule has 0 saturated carbocycles. The van der Waals surface area contributed by atoms with Crippen molar-refractivity contribution in [1.29, 1.82) is 0 Å². The van der Waals surface area contributed by atoms with Crippen LogP contribution < -0.4 is 5.32 Å². The van der Waals surface area contributed by atoms with Gasteiger partial charge >= 0.3 is 0 Å². The quantitative estimate of drug-likeness (QED) is 0.492. The van der Waals surface area contributed by atoms with E-state index in [-0.39, 0.29) is 10.6 Å². The Bertz CT molecular complexity index is 552. The van der Waals surface area contributed by atoms with Crippen molar-refractivity contribution in [2.45, 2.75) is 19.9 Å². The number of hydrogen-bond donors (Lipinski definition) is 1. The molecule has 0 amide bonds. The molecule has 19 heavy (non-hydrogen) atoms. The number of rotatable bonds is 6. The minimum Gasteiger partial charge on any atom is -0.385 e. The van der Waals surface area contributed by atoms with Crippen LogP contribution in [0.1, 0.15) is 12.0 Å². The lowest BCUT2D eigenvalue weighted by atomic mass is 10.2. The molecule has 0 aliphatic carbocycles. The van der Waals surface area contributed by atoms with Gasteiger partial charge in [0.2, 0.25) is 0 Å². The molecule has 0 radical (unpaired) electrons. The fraction of sp³-hybridized carbons (Fsp3) is 0.308. The average Bonchev–Trinajstić information content (AvgIpc) is 2.87. The molecule has 1 N–H and O–H groups in total. The van der Waals surface area contributed by atoms with Crippen LogP contribution in [0.2, 0.25) is 0 Å². The smallest absolute Gasteiger partial charge is 0.272 e. The molecule has 1 aromatic carbocycles. The van der Waals surface area contributed by atoms with Crippen LogP contribution in [0.4, 0.5) is 11.4 Å². The molecule has 1 aromatic heterocycles. The van der Waals surface area contributed by atoms with Crippen LogP contribution in [-0.4, -0.2) is 21.2 Å². The van der Waals surface area contributed by atoms with E-state index in [1.165, 1.54) is 6.07 Å². The lowest BCUT2D eigenvalue weighted by Gasteiger charge is -2.07. The molecule has 0 saturated heterocycles. The highest BCUT2D eigenvalue weighted by Gasteiger charge is 2.09. The van der Waals surface area contributed by atoms with E-state index >= 15 is 0 Å². The standard InChI is InChI=1S/C13H16N4O2/c1-11-10-12(4-5-13(11)17(18)19)14-6-2-8-16-9-3-7-15-16/h3-5,7,9-10,14H,2,6,8H2,1H3. The molecule has 2 aromatic rings. The molecule has 0 fully saturated rings. The van der Waals surface area contributed by atoms with Crippen molar-refractivity contribution in [3.63, 3.8) is 0 Å². The van der Waals surface area contributed by atoms with Crippen LogP contribution in [0, 0.1) is 17.0 Å². The zero-order valence-electron chi connectivity index (χ0n) is 10.7. The van der Waals surface area contributed by atoms with Crippen LogP contribution in [0.25, 0.3) is 0 Å². The van der Waals surface area contributed by atoms with Crippen molar-refractivity contribution >= 4 is 11.4 Å². The van der Waals surface area contributed by atoms with Gasteiger partial charge in [-0.05, 0) is 31.5 Å². The first-order valence-corrected chi connectivity index (χ1v) is 6.13. The summed E-state index contributed by atoms with van der Waals surface area (Å²) >= 11 is 0. The maximum Gasteiger partial charge on any atom is 0.272 e. The Hall–Kier alpha value is -2.37. The largest absolute Gasteiger partial charge is 0.385 e. The first-order chi connectivity index (χ1) is 9.16. The van der Waals surface area contributed by atoms with E-state index in [2.05, 4.69) is 10.4 Å². The van der Waals surface area contributed by atoms with Gasteiger partial charge in [0, 0.05) is 42.8 Å². The van der Waals surface area contributed by atoms with Crippen LogP contribution in [0.3, 0.4) is 0 Å². The van der Waals surface area contributed by atoms with Gasteiger partial charge in [0.1, 0.15) is 0 Å². The Morgan fingerprint density at radius 1 is 1.47 bits per heavy atom. The second-order valence-corrected chi connectivity index (χ2v) is 4.31. The zero-order valence-corrected chi connectivity index (χ0v) is 10.7. The monoisotopic (exact) mass is 260 g/mol. The molecular weight excluding hydrogens is 244 g/mol. The van der Waals surface area contributed by atoms with E-state index in [0.717, 1.165) is 25.2 Å². The van der Waals surface area contributed by atoms with Gasteiger partial charge in [-0.1, -0.05) is 0 Å². The van der Waals surface area contributed by atoms with Crippen LogP contribution in [-0.2, 0) is 6.54 Å². The van der Waals surface area contributed by atoms with Gasteiger partial charge in [-0.2, -0.15) is 5.10 Å². The van der Waals surface area contributed by atoms with Crippen molar-refractivity contribution in [1.82, 2.24) is 9.78 Å². The van der Waals surface area contributed by atoms with Crippen LogP contribution in [0.5, 0.6) is 0 Å². The normalized spacial score (nSPS) is 10.4. The van der Waals surface area contributed by atoms with Crippen LogP contribution in [0.15, 0.2) is 36.7 Å². The molecule has 0 aliphatic heterocycles. The summed E-state index contributed by atoms with van der Waals surface area (Å²) in [7, 11) is 0. The number of hydrogen-bond acceptors (Lipinski definition) is 4. The summed E-state index contributed by atoms with van der Waals surface area (Å²) in [5.41, 5.74) is 1.73. The Balaban J connectivity index is 1.83. The second-order valence-electron chi connectivity index (χ2n) is 4.31. The third-order valence-corrected chi connectivity index (χ3v) is 2.85. The number of nitrogens with one attached hydrogen (secondary N) is 1. The number of nitro groups is 1. The van der Waals surface area contributed by atoms with Gasteiger partial charge in [-0.25, -0.2) is 0 Å². The van der Waals surface area contributed by atoms with Crippen molar-refractivity contribution in [3.05, 3.63) is 52.3 Å². The number of aryl methyl sites for hydroxylation is 2. The van der Waals surface area contributed by atoms with Gasteiger partial charge in [0.25, 0.3) is 5.69 Å². The molecule has 6 nitrogen and oxygen atoms in total. The Kier molecular flexibility index (Phi) is 4.12. The first kappa shape index (κ1) is 13.1. The molecule has 0 atom stereocenters. The van der Waals surface area contributed by atoms with Gasteiger partial charge < -0.3 is 5.32 Å². The summed E-state index contributed by atoms with van der Waals surface area (Å²) in [5.74, 6) is 0. The highest BCUT2D eigenvalue weighted by Crippen LogP contribution is 2.21. The van der Waals surface area contributed by atoms with E-state index in [0.29, 0.717) is 5.56 Å². The third-order valence-electron chi connectivity index (χ3n) is 2.85. The number of nitro benzene ring substituents is 1. The molecule has 0 unspecified atom stereocenters. The predicted molar refractivity (Wildman–Crippen MR) is 73.2 cm³/mol. The van der Waals surface area contributed by atoms with Gasteiger partial charge in [-0.3, -0.25) is 14.8 Å². The van der Waals surface area contributed by atoms with Gasteiger partial charge in [-0.15, -0.1) is 0 Å². The van der Waals surface area contributed by atoms with Gasteiger partial charge in [0.15, 0.2) is 0 Å². The Morgan fingerprint density at radius 2 is 2.32 bits per heavy atom. The highest BCUT2D eigenvalue weighted by atomic mass is 16.6. The molecular formula is C13H16N4O2. The fourth-order valence-corrected chi connectivity index (χ4v) is 1.88. The molecule has 100 valence electrons. The van der Waals surface area contributed by atoms with E-state index in [4.69, 9.17) is 0 Å². The Labute approximate surface area is 111 Å². The predicted octanol–water partition coefficient (Wildman–Crippen LogP) is 2.60. The Morgan fingerprint density at radius 3 is 2.95 bits per heavy atom. The van der Waals surface area contributed by atoms with Crippen molar-refractivity contribution < 1.29 is 4.92 Å². The van der Waals surface area contributed by atoms with Crippen molar-refractivity contribution in [2.75, 3.05) is 11.9 Å². The second kappa shape index (κ2) is 5.99. The van der Waals surface area contributed by atoms with E-state index in [1.54, 1.807) is 25.3 Å². The topological polar surface area (TPSA) is 73.0 Å². The maximum absolute atomic E-state index is 10.7. The van der Waals surface area contributed by atoms with E-state index in [1.807, 2.05) is 16.9 Å². The third kappa shape index (κ3) is 3.54. The lowest BCUT2D eigenvalue weighted by molar-refractivity contribution is -0.385. The summed E-state index contributed by atoms with van der Waals surface area (Å²) in [5, 5.41) is 18.1. The SMILES string of the molecule is Cc1cc(NCCCn2cccn2)ccc1[N+](=O)[O-]. The average molecular weight is 260 g/mol. The molecule has 6 heteroatoms. The van der Waals surface area contributed by atoms with Crippen molar-refractivity contribution in [2.24, 2.45) is 0 Å². The minimum absolute atomic E-state index is 0.155. The molecule has 0 spiro atoms. The summed E-state index contributed by atoms with van der Waals surface area (Å²) in [4.78, 5) is 10.3. The highest BCUT2D eigenvalue weighted by molar-refractivity contribution is 5.53. The maximum atomic E-state index is 10.7. The van der Waals surface area contributed by atoms with Gasteiger partial charge in [0.05, 0.1) is 4.92 Å². The summed E-state index contributed by atoms with van der Waals surface area (Å²) < 4.78 is 1.88. The number of nitrogens with zero attached hydrogens (tertiary/aromatic N) is 3. The first-order valence-electron chi connectivity index (χ1n) is 6.13. The number of anilines is 1. The van der Waals surface area contributed by atoms with Crippen molar-refractivity contribution in [3.8, 4) is 0 Å². The number of aromatic nitrogens is 2.